The number of nitrogens with zero attached hydrogens (tertiary/aromatic N) is 6. The molecule has 6 rings (SSSR count). The molecule has 0 saturated heterocycles. The summed E-state index contributed by atoms with van der Waals surface area (Å²) in [4.78, 5) is 30.3. The number of carbonyl (C=O) groups is 1. The summed E-state index contributed by atoms with van der Waals surface area (Å²) in [5.41, 5.74) is 5.55. The van der Waals surface area contributed by atoms with Crippen LogP contribution in [0.5, 0.6) is 0 Å². The standard InChI is InChI=1S/C26H19N7O/c34-26-23-16-22(32-33(23)15-14-29-26)21-11-13-28-25(31-21)19-8-6-17(7-9-19)20-10-12-27-24(30-20)18-4-2-1-3-5-18/h1-13,16H,14-15H2,(H,29,34). The van der Waals surface area contributed by atoms with Crippen molar-refractivity contribution < 1.29 is 4.79 Å². The van der Waals surface area contributed by atoms with Crippen molar-refractivity contribution >= 4 is 5.91 Å². The zero-order valence-electron chi connectivity index (χ0n) is 18.1. The third-order valence-corrected chi connectivity index (χ3v) is 5.67. The van der Waals surface area contributed by atoms with E-state index in [-0.39, 0.29) is 5.91 Å². The molecule has 8 nitrogen and oxygen atoms in total. The van der Waals surface area contributed by atoms with Gasteiger partial charge in [0.2, 0.25) is 0 Å². The van der Waals surface area contributed by atoms with Crippen LogP contribution >= 0.6 is 0 Å². The predicted molar refractivity (Wildman–Crippen MR) is 127 cm³/mol. The second-order valence-corrected chi connectivity index (χ2v) is 7.87. The maximum atomic E-state index is 12.1. The minimum absolute atomic E-state index is 0.116. The number of nitrogens with one attached hydrogen (secondary N) is 1. The average molecular weight is 445 g/mol. The molecule has 0 saturated carbocycles. The first-order valence-electron chi connectivity index (χ1n) is 10.9. The molecule has 0 unspecified atom stereocenters. The summed E-state index contributed by atoms with van der Waals surface area (Å²) < 4.78 is 1.72. The maximum absolute atomic E-state index is 12.1. The second-order valence-electron chi connectivity index (χ2n) is 7.87. The Morgan fingerprint density at radius 3 is 2.09 bits per heavy atom. The smallest absolute Gasteiger partial charge is 0.269 e. The highest BCUT2D eigenvalue weighted by molar-refractivity contribution is 5.94. The molecule has 0 atom stereocenters. The first kappa shape index (κ1) is 19.9. The van der Waals surface area contributed by atoms with E-state index in [0.29, 0.717) is 41.8 Å². The Morgan fingerprint density at radius 1 is 0.706 bits per heavy atom. The van der Waals surface area contributed by atoms with E-state index in [2.05, 4.69) is 20.4 Å². The van der Waals surface area contributed by atoms with E-state index in [9.17, 15) is 4.79 Å². The summed E-state index contributed by atoms with van der Waals surface area (Å²) in [5.74, 6) is 1.16. The Bertz CT molecular complexity index is 1490. The van der Waals surface area contributed by atoms with Crippen molar-refractivity contribution in [2.75, 3.05) is 6.54 Å². The number of hydrogen-bond acceptors (Lipinski definition) is 6. The molecule has 0 fully saturated rings. The van der Waals surface area contributed by atoms with Gasteiger partial charge in [-0.25, -0.2) is 19.9 Å². The predicted octanol–water partition coefficient (Wildman–Crippen LogP) is 3.87. The number of hydrogen-bond donors (Lipinski definition) is 1. The first-order chi connectivity index (χ1) is 16.7. The fourth-order valence-corrected chi connectivity index (χ4v) is 3.94. The van der Waals surface area contributed by atoms with Crippen LogP contribution in [0.2, 0.25) is 0 Å². The number of amides is 1. The molecule has 4 heterocycles. The lowest BCUT2D eigenvalue weighted by Gasteiger charge is -2.13. The molecular formula is C26H19N7O. The van der Waals surface area contributed by atoms with Crippen LogP contribution in [0.15, 0.2) is 85.2 Å². The van der Waals surface area contributed by atoms with E-state index >= 15 is 0 Å². The molecule has 0 spiro atoms. The van der Waals surface area contributed by atoms with E-state index in [4.69, 9.17) is 9.97 Å². The third-order valence-electron chi connectivity index (χ3n) is 5.67. The lowest BCUT2D eigenvalue weighted by molar-refractivity contribution is 0.0924. The molecule has 3 aromatic heterocycles. The Kier molecular flexibility index (Phi) is 4.88. The van der Waals surface area contributed by atoms with Crippen molar-refractivity contribution in [1.29, 1.82) is 0 Å². The van der Waals surface area contributed by atoms with Crippen LogP contribution in [0.25, 0.3) is 45.4 Å². The van der Waals surface area contributed by atoms with Gasteiger partial charge >= 0.3 is 0 Å². The fourth-order valence-electron chi connectivity index (χ4n) is 3.94. The van der Waals surface area contributed by atoms with Crippen LogP contribution in [0.1, 0.15) is 10.5 Å². The van der Waals surface area contributed by atoms with Gasteiger partial charge in [-0.1, -0.05) is 54.6 Å². The highest BCUT2D eigenvalue weighted by Crippen LogP contribution is 2.25. The van der Waals surface area contributed by atoms with Crippen molar-refractivity contribution in [2.24, 2.45) is 0 Å². The van der Waals surface area contributed by atoms with Crippen molar-refractivity contribution in [1.82, 2.24) is 35.0 Å². The Labute approximate surface area is 195 Å². The highest BCUT2D eigenvalue weighted by atomic mass is 16.2. The van der Waals surface area contributed by atoms with Gasteiger partial charge in [-0.15, -0.1) is 0 Å². The first-order valence-corrected chi connectivity index (χ1v) is 10.9. The summed E-state index contributed by atoms with van der Waals surface area (Å²) in [6.45, 7) is 1.23. The van der Waals surface area contributed by atoms with Gasteiger partial charge in [-0.3, -0.25) is 9.48 Å². The summed E-state index contributed by atoms with van der Waals surface area (Å²) in [6, 6.07) is 23.3. The Morgan fingerprint density at radius 2 is 1.35 bits per heavy atom. The molecule has 34 heavy (non-hydrogen) atoms. The minimum atomic E-state index is -0.116. The van der Waals surface area contributed by atoms with Gasteiger partial charge in [0.1, 0.15) is 11.4 Å². The Hall–Kier alpha value is -4.72. The van der Waals surface area contributed by atoms with E-state index < -0.39 is 0 Å². The molecule has 1 amide bonds. The largest absolute Gasteiger partial charge is 0.349 e. The van der Waals surface area contributed by atoms with Gasteiger partial charge in [0.25, 0.3) is 5.91 Å². The van der Waals surface area contributed by atoms with Gasteiger partial charge in [0.15, 0.2) is 11.6 Å². The van der Waals surface area contributed by atoms with Crippen molar-refractivity contribution in [2.45, 2.75) is 6.54 Å². The molecular weight excluding hydrogens is 426 g/mol. The number of rotatable bonds is 4. The average Bonchev–Trinajstić information content (AvgIpc) is 3.36. The lowest BCUT2D eigenvalue weighted by Crippen LogP contribution is -2.35. The zero-order valence-corrected chi connectivity index (χ0v) is 18.1. The normalized spacial score (nSPS) is 12.8. The monoisotopic (exact) mass is 445 g/mol. The van der Waals surface area contributed by atoms with Crippen molar-refractivity contribution in [3.05, 3.63) is 90.9 Å². The topological polar surface area (TPSA) is 98.5 Å². The van der Waals surface area contributed by atoms with E-state index in [1.165, 1.54) is 0 Å². The van der Waals surface area contributed by atoms with Crippen molar-refractivity contribution in [3.63, 3.8) is 0 Å². The molecule has 8 heteroatoms. The molecule has 1 N–H and O–H groups in total. The molecule has 0 aliphatic carbocycles. The molecule has 1 aliphatic rings. The molecule has 0 radical (unpaired) electrons. The summed E-state index contributed by atoms with van der Waals surface area (Å²) >= 11 is 0. The maximum Gasteiger partial charge on any atom is 0.269 e. The highest BCUT2D eigenvalue weighted by Gasteiger charge is 2.20. The van der Waals surface area contributed by atoms with Gasteiger partial charge in [0, 0.05) is 35.6 Å². The molecule has 0 bridgehead atoms. The number of carbonyl (C=O) groups excluding carboxylic acids is 1. The summed E-state index contributed by atoms with van der Waals surface area (Å²) in [6.07, 6.45) is 3.48. The van der Waals surface area contributed by atoms with Gasteiger partial charge in [-0.2, -0.15) is 5.10 Å². The second kappa shape index (κ2) is 8.32. The summed E-state index contributed by atoms with van der Waals surface area (Å²) in [5, 5.41) is 7.37. The van der Waals surface area contributed by atoms with Gasteiger partial charge in [0.05, 0.1) is 17.9 Å². The zero-order chi connectivity index (χ0) is 22.9. The van der Waals surface area contributed by atoms with Crippen LogP contribution in [-0.2, 0) is 6.54 Å². The fraction of sp³-hybridized carbons (Fsp3) is 0.0769. The van der Waals surface area contributed by atoms with E-state index in [0.717, 1.165) is 22.4 Å². The van der Waals surface area contributed by atoms with Crippen LogP contribution in [-0.4, -0.2) is 42.2 Å². The SMILES string of the molecule is O=C1NCCn2nc(-c3ccnc(-c4ccc(-c5ccnc(-c6ccccc6)n5)cc4)n3)cc21. The number of aromatic nitrogens is 6. The molecule has 5 aromatic rings. The molecule has 164 valence electrons. The third kappa shape index (κ3) is 3.71. The summed E-state index contributed by atoms with van der Waals surface area (Å²) in [7, 11) is 0. The molecule has 2 aromatic carbocycles. The number of benzene rings is 2. The van der Waals surface area contributed by atoms with Crippen LogP contribution in [0.4, 0.5) is 0 Å². The van der Waals surface area contributed by atoms with E-state index in [1.807, 2.05) is 60.7 Å². The van der Waals surface area contributed by atoms with Crippen LogP contribution in [0.3, 0.4) is 0 Å². The lowest BCUT2D eigenvalue weighted by atomic mass is 10.1. The Balaban J connectivity index is 1.29. The number of fused-ring (bicyclic) bond motifs is 1. The van der Waals surface area contributed by atoms with E-state index in [1.54, 1.807) is 29.2 Å². The van der Waals surface area contributed by atoms with Crippen molar-refractivity contribution in [3.8, 4) is 45.4 Å². The van der Waals surface area contributed by atoms with Gasteiger partial charge in [-0.05, 0) is 18.2 Å². The quantitative estimate of drug-likeness (QED) is 0.451. The molecule has 1 aliphatic heterocycles. The van der Waals surface area contributed by atoms with Gasteiger partial charge < -0.3 is 5.32 Å². The van der Waals surface area contributed by atoms with Crippen LogP contribution in [0, 0.1) is 0 Å². The minimum Gasteiger partial charge on any atom is -0.349 e. The van der Waals surface area contributed by atoms with Crippen LogP contribution < -0.4 is 5.32 Å².